The van der Waals surface area contributed by atoms with Crippen LogP contribution in [0.2, 0.25) is 5.02 Å². The highest BCUT2D eigenvalue weighted by molar-refractivity contribution is 7.99. The van der Waals surface area contributed by atoms with Crippen LogP contribution in [0.15, 0.2) is 46.5 Å². The molecule has 0 unspecified atom stereocenters. The second kappa shape index (κ2) is 5.49. The summed E-state index contributed by atoms with van der Waals surface area (Å²) in [4.78, 5) is 4.60. The van der Waals surface area contributed by atoms with Gasteiger partial charge in [0.05, 0.1) is 9.92 Å². The number of benzene rings is 1. The minimum absolute atomic E-state index is 0.282. The third kappa shape index (κ3) is 2.77. The molecule has 2 nitrogen and oxygen atoms in total. The van der Waals surface area contributed by atoms with Crippen molar-refractivity contribution in [3.8, 4) is 0 Å². The van der Waals surface area contributed by atoms with Crippen molar-refractivity contribution in [1.82, 2.24) is 4.98 Å². The molecule has 0 saturated heterocycles. The molecule has 1 heterocycles. The van der Waals surface area contributed by atoms with Crippen molar-refractivity contribution in [3.05, 3.63) is 52.9 Å². The van der Waals surface area contributed by atoms with E-state index in [1.54, 1.807) is 30.5 Å². The fourth-order valence-corrected chi connectivity index (χ4v) is 2.53. The first-order chi connectivity index (χ1) is 8.22. The number of nitrogens with zero attached hydrogens (tertiary/aromatic N) is 1. The lowest BCUT2D eigenvalue weighted by atomic mass is 10.2. The maximum absolute atomic E-state index is 13.7. The highest BCUT2D eigenvalue weighted by Crippen LogP contribution is 2.34. The van der Waals surface area contributed by atoms with Gasteiger partial charge in [0.2, 0.25) is 0 Å². The summed E-state index contributed by atoms with van der Waals surface area (Å²) in [7, 11) is 0. The number of nitrogens with two attached hydrogens (primary N) is 1. The first-order valence-electron chi connectivity index (χ1n) is 4.98. The van der Waals surface area contributed by atoms with E-state index in [1.165, 1.54) is 17.8 Å². The Kier molecular flexibility index (Phi) is 3.99. The lowest BCUT2D eigenvalue weighted by Gasteiger charge is -2.08. The van der Waals surface area contributed by atoms with E-state index in [9.17, 15) is 4.39 Å². The molecule has 0 amide bonds. The van der Waals surface area contributed by atoms with Gasteiger partial charge in [-0.1, -0.05) is 35.5 Å². The van der Waals surface area contributed by atoms with Gasteiger partial charge in [0.1, 0.15) is 10.8 Å². The lowest BCUT2D eigenvalue weighted by molar-refractivity contribution is 0.597. The van der Waals surface area contributed by atoms with Crippen LogP contribution in [0.1, 0.15) is 5.56 Å². The maximum Gasteiger partial charge on any atom is 0.137 e. The van der Waals surface area contributed by atoms with Crippen molar-refractivity contribution in [3.63, 3.8) is 0 Å². The summed E-state index contributed by atoms with van der Waals surface area (Å²) in [5, 5.41) is 1.08. The van der Waals surface area contributed by atoms with Gasteiger partial charge in [-0.2, -0.15) is 0 Å². The van der Waals surface area contributed by atoms with Crippen LogP contribution < -0.4 is 5.73 Å². The number of halogens is 2. The lowest BCUT2D eigenvalue weighted by Crippen LogP contribution is -2.00. The Morgan fingerprint density at radius 1 is 1.29 bits per heavy atom. The molecule has 2 N–H and O–H groups in total. The molecule has 0 atom stereocenters. The highest BCUT2D eigenvalue weighted by Gasteiger charge is 2.11. The van der Waals surface area contributed by atoms with E-state index >= 15 is 0 Å². The number of aromatic nitrogens is 1. The van der Waals surface area contributed by atoms with Gasteiger partial charge in [-0.05, 0) is 23.8 Å². The van der Waals surface area contributed by atoms with Gasteiger partial charge in [-0.15, -0.1) is 0 Å². The Bertz CT molecular complexity index is 534. The predicted octanol–water partition coefficient (Wildman–Crippen LogP) is 3.48. The molecule has 0 aliphatic carbocycles. The van der Waals surface area contributed by atoms with Gasteiger partial charge >= 0.3 is 0 Å². The van der Waals surface area contributed by atoms with Crippen LogP contribution in [0.4, 0.5) is 4.39 Å². The molecule has 0 saturated carbocycles. The van der Waals surface area contributed by atoms with Crippen molar-refractivity contribution >= 4 is 23.4 Å². The topological polar surface area (TPSA) is 38.9 Å². The molecule has 2 aromatic rings. The van der Waals surface area contributed by atoms with Gasteiger partial charge in [0.15, 0.2) is 0 Å². The Hall–Kier alpha value is -1.10. The summed E-state index contributed by atoms with van der Waals surface area (Å²) in [6, 6.07) is 8.29. The second-order valence-corrected chi connectivity index (χ2v) is 4.73. The van der Waals surface area contributed by atoms with Gasteiger partial charge in [-0.3, -0.25) is 0 Å². The van der Waals surface area contributed by atoms with Crippen LogP contribution in [-0.2, 0) is 6.54 Å². The van der Waals surface area contributed by atoms with E-state index in [-0.39, 0.29) is 12.4 Å². The first-order valence-corrected chi connectivity index (χ1v) is 6.17. The van der Waals surface area contributed by atoms with Gasteiger partial charge < -0.3 is 5.73 Å². The third-order valence-corrected chi connectivity index (χ3v) is 3.79. The van der Waals surface area contributed by atoms with Crippen LogP contribution in [0.3, 0.4) is 0 Å². The monoisotopic (exact) mass is 268 g/mol. The van der Waals surface area contributed by atoms with E-state index < -0.39 is 0 Å². The normalized spacial score (nSPS) is 10.5. The molecule has 0 spiro atoms. The summed E-state index contributed by atoms with van der Waals surface area (Å²) in [6.07, 6.45) is 1.62. The van der Waals surface area contributed by atoms with Crippen LogP contribution in [-0.4, -0.2) is 4.98 Å². The van der Waals surface area contributed by atoms with E-state index in [0.29, 0.717) is 14.9 Å². The third-order valence-electron chi connectivity index (χ3n) is 2.19. The van der Waals surface area contributed by atoms with Crippen LogP contribution >= 0.6 is 23.4 Å². The maximum atomic E-state index is 13.7. The largest absolute Gasteiger partial charge is 0.326 e. The van der Waals surface area contributed by atoms with E-state index in [2.05, 4.69) is 4.98 Å². The molecule has 1 aromatic carbocycles. The first kappa shape index (κ1) is 12.4. The van der Waals surface area contributed by atoms with Gasteiger partial charge in [0, 0.05) is 12.7 Å². The fourth-order valence-electron chi connectivity index (χ4n) is 1.37. The summed E-state index contributed by atoms with van der Waals surface area (Å²) in [6.45, 7) is 0.282. The van der Waals surface area contributed by atoms with Crippen LogP contribution in [0, 0.1) is 5.82 Å². The molecule has 0 bridgehead atoms. The van der Waals surface area contributed by atoms with Crippen molar-refractivity contribution < 1.29 is 4.39 Å². The zero-order valence-electron chi connectivity index (χ0n) is 8.86. The van der Waals surface area contributed by atoms with Crippen molar-refractivity contribution in [2.45, 2.75) is 16.5 Å². The molecule has 5 heteroatoms. The average Bonchev–Trinajstić information content (AvgIpc) is 2.34. The molecule has 88 valence electrons. The highest BCUT2D eigenvalue weighted by atomic mass is 35.5. The minimum atomic E-state index is -0.306. The zero-order valence-corrected chi connectivity index (χ0v) is 10.4. The van der Waals surface area contributed by atoms with Crippen molar-refractivity contribution in [2.75, 3.05) is 0 Å². The summed E-state index contributed by atoms with van der Waals surface area (Å²) < 4.78 is 13.7. The molecule has 0 aliphatic heterocycles. The second-order valence-electron chi connectivity index (χ2n) is 3.32. The Balaban J connectivity index is 2.39. The smallest absolute Gasteiger partial charge is 0.137 e. The van der Waals surface area contributed by atoms with Crippen molar-refractivity contribution in [2.24, 2.45) is 5.73 Å². The number of rotatable bonds is 3. The van der Waals surface area contributed by atoms with Gasteiger partial charge in [-0.25, -0.2) is 9.37 Å². The SMILES string of the molecule is NCc1cccc(F)c1Sc1ncccc1Cl. The van der Waals surface area contributed by atoms with Crippen molar-refractivity contribution in [1.29, 1.82) is 0 Å². The van der Waals surface area contributed by atoms with E-state index in [1.807, 2.05) is 0 Å². The quantitative estimate of drug-likeness (QED) is 0.926. The summed E-state index contributed by atoms with van der Waals surface area (Å²) in [5.74, 6) is -0.306. The standard InChI is InChI=1S/C12H10ClFN2S/c13-9-4-2-6-16-12(9)17-11-8(7-15)3-1-5-10(11)14/h1-6H,7,15H2. The summed E-state index contributed by atoms with van der Waals surface area (Å²) in [5.41, 5.74) is 6.32. The molecule has 0 aliphatic rings. The number of pyridine rings is 1. The molecular formula is C12H10ClFN2S. The van der Waals surface area contributed by atoms with Gasteiger partial charge in [0.25, 0.3) is 0 Å². The molecule has 1 aromatic heterocycles. The average molecular weight is 269 g/mol. The van der Waals surface area contributed by atoms with E-state index in [4.69, 9.17) is 17.3 Å². The minimum Gasteiger partial charge on any atom is -0.326 e. The molecule has 0 fully saturated rings. The van der Waals surface area contributed by atoms with E-state index in [0.717, 1.165) is 5.56 Å². The van der Waals surface area contributed by atoms with Crippen LogP contribution in [0.5, 0.6) is 0 Å². The number of hydrogen-bond donors (Lipinski definition) is 1. The Labute approximate surface area is 108 Å². The molecular weight excluding hydrogens is 259 g/mol. The Morgan fingerprint density at radius 3 is 2.82 bits per heavy atom. The van der Waals surface area contributed by atoms with Crippen LogP contribution in [0.25, 0.3) is 0 Å². The zero-order chi connectivity index (χ0) is 12.3. The predicted molar refractivity (Wildman–Crippen MR) is 67.7 cm³/mol. The molecule has 0 radical (unpaired) electrons. The molecule has 2 rings (SSSR count). The number of hydrogen-bond acceptors (Lipinski definition) is 3. The molecule has 17 heavy (non-hydrogen) atoms. The summed E-state index contributed by atoms with van der Waals surface area (Å²) >= 11 is 7.18. The fraction of sp³-hybridized carbons (Fsp3) is 0.0833. The Morgan fingerprint density at radius 2 is 2.12 bits per heavy atom.